The monoisotopic (exact) mass is 625 g/mol. The first-order valence-electron chi connectivity index (χ1n) is 15.4. The predicted octanol–water partition coefficient (Wildman–Crippen LogP) is 3.88. The molecule has 238 valence electrons. The third-order valence-electron chi connectivity index (χ3n) is 9.02. The van der Waals surface area contributed by atoms with Crippen molar-refractivity contribution >= 4 is 23.3 Å². The van der Waals surface area contributed by atoms with Gasteiger partial charge in [-0.2, -0.15) is 0 Å². The molecule has 2 amide bonds. The molecule has 4 bridgehead atoms. The van der Waals surface area contributed by atoms with Crippen molar-refractivity contribution in [1.29, 1.82) is 0 Å². The Balaban J connectivity index is 1.48. The van der Waals surface area contributed by atoms with Crippen molar-refractivity contribution in [3.63, 3.8) is 0 Å². The molecule has 12 nitrogen and oxygen atoms in total. The predicted molar refractivity (Wildman–Crippen MR) is 165 cm³/mol. The number of ketones is 1. The number of oxazole rings is 2. The smallest absolute Gasteiger partial charge is 0.249 e. The third kappa shape index (κ3) is 4.50. The second-order valence-electron chi connectivity index (χ2n) is 12.8. The normalized spacial score (nSPS) is 23.4. The van der Waals surface area contributed by atoms with Crippen molar-refractivity contribution in [3.05, 3.63) is 82.8 Å². The Morgan fingerprint density at radius 1 is 1.07 bits per heavy atom. The van der Waals surface area contributed by atoms with Gasteiger partial charge in [-0.15, -0.1) is 0 Å². The molecule has 1 unspecified atom stereocenters. The lowest BCUT2D eigenvalue weighted by molar-refractivity contribution is -0.135. The molecule has 2 aromatic heterocycles. The van der Waals surface area contributed by atoms with Gasteiger partial charge in [0.2, 0.25) is 23.6 Å². The number of aromatic nitrogens is 2. The highest BCUT2D eigenvalue weighted by molar-refractivity contribution is 5.92. The molecule has 0 saturated heterocycles. The molecule has 5 heterocycles. The van der Waals surface area contributed by atoms with Crippen LogP contribution in [0.3, 0.4) is 0 Å². The summed E-state index contributed by atoms with van der Waals surface area (Å²) < 4.78 is 19.1. The molecule has 3 aliphatic heterocycles. The van der Waals surface area contributed by atoms with Crippen molar-refractivity contribution in [2.45, 2.75) is 70.9 Å². The summed E-state index contributed by atoms with van der Waals surface area (Å²) in [6.45, 7) is 8.70. The Morgan fingerprint density at radius 2 is 1.85 bits per heavy atom. The maximum atomic E-state index is 13.9. The number of aliphatic hydroxyl groups is 1. The number of para-hydroxylation sites is 1. The number of aliphatic hydroxyl groups excluding tert-OH is 1. The number of nitrogens with one attached hydrogen (secondary N) is 3. The minimum Gasteiger partial charge on any atom is -0.469 e. The molecule has 3 aliphatic rings. The van der Waals surface area contributed by atoms with E-state index in [1.54, 1.807) is 13.8 Å². The van der Waals surface area contributed by atoms with Crippen molar-refractivity contribution < 1.29 is 33.1 Å². The van der Waals surface area contributed by atoms with E-state index in [1.807, 2.05) is 56.3 Å². The Hall–Kier alpha value is -4.97. The van der Waals surface area contributed by atoms with Gasteiger partial charge in [0.25, 0.3) is 0 Å². The Labute approximate surface area is 264 Å². The first kappa shape index (κ1) is 29.7. The average molecular weight is 626 g/mol. The Morgan fingerprint density at radius 3 is 2.57 bits per heavy atom. The van der Waals surface area contributed by atoms with E-state index < -0.39 is 41.6 Å². The largest absolute Gasteiger partial charge is 0.469 e. The zero-order valence-corrected chi connectivity index (χ0v) is 26.1. The summed E-state index contributed by atoms with van der Waals surface area (Å²) in [5.74, 6) is -0.614. The minimum atomic E-state index is -1.29. The lowest BCUT2D eigenvalue weighted by Gasteiger charge is -2.29. The first-order valence-corrected chi connectivity index (χ1v) is 15.4. The van der Waals surface area contributed by atoms with E-state index in [9.17, 15) is 19.5 Å². The van der Waals surface area contributed by atoms with E-state index in [2.05, 4.69) is 20.9 Å². The van der Waals surface area contributed by atoms with Gasteiger partial charge in [0.15, 0.2) is 23.5 Å². The molecule has 12 heteroatoms. The van der Waals surface area contributed by atoms with Gasteiger partial charge in [-0.1, -0.05) is 58.0 Å². The molecule has 4 N–H and O–H groups in total. The van der Waals surface area contributed by atoms with E-state index in [1.165, 1.54) is 13.2 Å². The van der Waals surface area contributed by atoms with Crippen LogP contribution in [0, 0.1) is 11.8 Å². The highest BCUT2D eigenvalue weighted by Gasteiger charge is 2.61. The van der Waals surface area contributed by atoms with Crippen LogP contribution in [0.15, 0.2) is 57.6 Å². The lowest BCUT2D eigenvalue weighted by atomic mass is 9.72. The molecule has 0 fully saturated rings. The molecule has 46 heavy (non-hydrogen) atoms. The zero-order chi connectivity index (χ0) is 32.5. The quantitative estimate of drug-likeness (QED) is 0.231. The van der Waals surface area contributed by atoms with E-state index in [4.69, 9.17) is 18.6 Å². The molecule has 5 atom stereocenters. The Kier molecular flexibility index (Phi) is 7.00. The Bertz CT molecular complexity index is 1880. The topological polar surface area (TPSA) is 169 Å². The fourth-order valence-corrected chi connectivity index (χ4v) is 6.55. The summed E-state index contributed by atoms with van der Waals surface area (Å²) in [6, 6.07) is 11.7. The number of carbonyl (C=O) groups is 3. The zero-order valence-electron chi connectivity index (χ0n) is 26.1. The van der Waals surface area contributed by atoms with Crippen LogP contribution < -0.4 is 20.7 Å². The molecular weight excluding hydrogens is 590 g/mol. The highest BCUT2D eigenvalue weighted by Crippen LogP contribution is 2.59. The molecule has 0 aliphatic carbocycles. The first-order chi connectivity index (χ1) is 22.0. The van der Waals surface area contributed by atoms with Crippen molar-refractivity contribution in [1.82, 2.24) is 20.6 Å². The number of fused-ring (bicyclic) bond motifs is 4. The number of carbonyl (C=O) groups excluding carboxylic acids is 3. The van der Waals surface area contributed by atoms with Gasteiger partial charge in [-0.05, 0) is 35.1 Å². The van der Waals surface area contributed by atoms with Crippen LogP contribution >= 0.6 is 0 Å². The number of benzene rings is 2. The number of Topliss-reactive ketones (excluding diaryl/α,β-unsaturated/α-hetero) is 1. The summed E-state index contributed by atoms with van der Waals surface area (Å²) in [5.41, 5.74) is 2.60. The molecular formula is C34H35N5O7. The minimum absolute atomic E-state index is 0.0915. The number of amides is 2. The average Bonchev–Trinajstić information content (AvgIpc) is 3.79. The van der Waals surface area contributed by atoms with E-state index >= 15 is 0 Å². The van der Waals surface area contributed by atoms with Gasteiger partial charge in [-0.25, -0.2) is 9.97 Å². The number of rotatable bonds is 6. The number of anilines is 1. The van der Waals surface area contributed by atoms with Gasteiger partial charge in [0.1, 0.15) is 41.3 Å². The molecule has 0 radical (unpaired) electrons. The van der Waals surface area contributed by atoms with Gasteiger partial charge < -0.3 is 34.6 Å². The number of hydrogen-bond donors (Lipinski definition) is 4. The van der Waals surface area contributed by atoms with Gasteiger partial charge in [0.05, 0.1) is 0 Å². The standard InChI is InChI=1S/C34H35N5O7/c1-15(2)25-32-39-26(31-36-23(14-44-31)17(5)40)28(46-32)34-19-8-6-7-9-21(19)37-33(34)45-24-11-10-18(12-20(24)34)13-22(29(42)38-25)35-30(43)27(41)16(3)4/h6-12,14-16,22,25,27,33,37,41H,13H2,1-5H3,(H,35,43)(H,38,42)/t22-,25-,27-,33+,34?/m0/s1. The maximum Gasteiger partial charge on any atom is 0.249 e. The van der Waals surface area contributed by atoms with Crippen LogP contribution in [-0.4, -0.2) is 51.0 Å². The summed E-state index contributed by atoms with van der Waals surface area (Å²) in [7, 11) is 0. The summed E-state index contributed by atoms with van der Waals surface area (Å²) >= 11 is 0. The van der Waals surface area contributed by atoms with Gasteiger partial charge in [-0.3, -0.25) is 14.4 Å². The van der Waals surface area contributed by atoms with E-state index in [-0.39, 0.29) is 47.2 Å². The van der Waals surface area contributed by atoms with Crippen molar-refractivity contribution in [3.8, 4) is 17.3 Å². The van der Waals surface area contributed by atoms with Crippen LogP contribution in [0.1, 0.15) is 79.5 Å². The second-order valence-corrected chi connectivity index (χ2v) is 12.8. The maximum absolute atomic E-state index is 13.9. The van der Waals surface area contributed by atoms with Gasteiger partial charge >= 0.3 is 0 Å². The van der Waals surface area contributed by atoms with Crippen LogP contribution in [0.2, 0.25) is 0 Å². The number of nitrogens with zero attached hydrogens (tertiary/aromatic N) is 2. The summed E-state index contributed by atoms with van der Waals surface area (Å²) in [4.78, 5) is 48.5. The van der Waals surface area contributed by atoms with E-state index in [0.29, 0.717) is 11.5 Å². The molecule has 1 spiro atoms. The van der Waals surface area contributed by atoms with Crippen molar-refractivity contribution in [2.75, 3.05) is 5.32 Å². The number of hydrogen-bond acceptors (Lipinski definition) is 10. The second kappa shape index (κ2) is 10.8. The molecule has 7 rings (SSSR count). The van der Waals surface area contributed by atoms with Gasteiger partial charge in [0, 0.05) is 24.6 Å². The van der Waals surface area contributed by atoms with Crippen molar-refractivity contribution in [2.24, 2.45) is 11.8 Å². The molecule has 0 saturated carbocycles. The third-order valence-corrected chi connectivity index (χ3v) is 9.02. The molecule has 4 aromatic rings. The highest BCUT2D eigenvalue weighted by atomic mass is 16.5. The van der Waals surface area contributed by atoms with Crippen LogP contribution in [0.5, 0.6) is 5.75 Å². The fourth-order valence-electron chi connectivity index (χ4n) is 6.55. The fraction of sp³-hybridized carbons (Fsp3) is 0.382. The van der Waals surface area contributed by atoms with Crippen LogP contribution in [0.25, 0.3) is 11.6 Å². The molecule has 2 aromatic carbocycles. The lowest BCUT2D eigenvalue weighted by Crippen LogP contribution is -2.52. The van der Waals surface area contributed by atoms with E-state index in [0.717, 1.165) is 22.4 Å². The summed E-state index contributed by atoms with van der Waals surface area (Å²) in [5, 5.41) is 19.8. The SMILES string of the molecule is CC(=O)c1coc(-c2nc3oc2C24c5ccccc5N[C@@H]2Oc2ccc(cc24)C[C@H](NC(=O)[C@@H](O)C(C)C)C(=O)N[C@H]3C(C)C)n1. The van der Waals surface area contributed by atoms with Crippen LogP contribution in [0.4, 0.5) is 5.69 Å². The number of ether oxygens (including phenoxy) is 1. The van der Waals surface area contributed by atoms with Crippen LogP contribution in [-0.2, 0) is 21.4 Å². The summed E-state index contributed by atoms with van der Waals surface area (Å²) in [6.07, 6.45) is -0.482.